The Kier molecular flexibility index (Phi) is 1210. The largest absolute Gasteiger partial charge is 1.00 e. The van der Waals surface area contributed by atoms with Crippen molar-refractivity contribution in [2.75, 3.05) is 0 Å². The van der Waals surface area contributed by atoms with Gasteiger partial charge in [0, 0.05) is 5.97 Å². The maximum Gasteiger partial charge on any atom is 1.00 e. The van der Waals surface area contributed by atoms with Crippen LogP contribution >= 0.6 is 0 Å². The van der Waals surface area contributed by atoms with Gasteiger partial charge in [0.1, 0.15) is 0 Å². The van der Waals surface area contributed by atoms with Crippen LogP contribution < -0.4 is 5.11 Å². The van der Waals surface area contributed by atoms with E-state index in [0.29, 0.717) is 0 Å². The third-order valence-electron chi connectivity index (χ3n) is 0. The van der Waals surface area contributed by atoms with Crippen LogP contribution in [0, 0.1) is 0 Å². The fraction of sp³-hybridized carbons (Fsp3) is 0.500. The Bertz CT molecular complexity index is 35.1. The van der Waals surface area contributed by atoms with Crippen LogP contribution in [0.5, 0.6) is 0 Å². The minimum Gasteiger partial charge on any atom is -0.550 e. The van der Waals surface area contributed by atoms with Gasteiger partial charge < -0.3 is 42.8 Å². The Hall–Kier alpha value is -0.251. The van der Waals surface area contributed by atoms with Crippen molar-refractivity contribution in [2.24, 2.45) is 0 Å². The van der Waals surface area contributed by atoms with Crippen molar-refractivity contribution in [3.8, 4) is 0 Å². The van der Waals surface area contributed by atoms with Crippen LogP contribution in [0.15, 0.2) is 0 Å². The summed E-state index contributed by atoms with van der Waals surface area (Å²) in [5, 5.41) is 8.89. The molecule has 0 amide bonds. The van der Waals surface area contributed by atoms with E-state index < -0.39 is 5.97 Å². The van der Waals surface area contributed by atoms with Gasteiger partial charge in [0.2, 0.25) is 0 Å². The number of carbonyl (C=O) groups excluding carboxylic acids is 1. The predicted octanol–water partition coefficient (Wildman–Crippen LogP) is -6.19. The molecule has 11 heavy (non-hydrogen) atoms. The Morgan fingerprint density at radius 3 is 0.909 bits per heavy atom. The summed E-state index contributed by atoms with van der Waals surface area (Å²) in [6.45, 7) is 0.972. The van der Waals surface area contributed by atoms with E-state index in [2.05, 4.69) is 0 Å². The molecule has 0 fully saturated rings. The molecule has 0 aromatic heterocycles. The average Bonchev–Trinajstić information content (AvgIpc) is 0.811. The molecule has 9 heteroatoms. The first-order valence-electron chi connectivity index (χ1n) is 0.908. The van der Waals surface area contributed by atoms with E-state index in [4.69, 9.17) is 9.90 Å². The van der Waals surface area contributed by atoms with Gasteiger partial charge in [-0.3, -0.25) is 0 Å². The van der Waals surface area contributed by atoms with Crippen LogP contribution in [-0.4, -0.2) is 38.8 Å². The molecule has 0 saturated carbocycles. The van der Waals surface area contributed by atoms with Gasteiger partial charge in [-0.2, -0.15) is 0 Å². The summed E-state index contributed by atoms with van der Waals surface area (Å²) in [5.41, 5.74) is 0. The molecule has 0 aliphatic rings. The van der Waals surface area contributed by atoms with Gasteiger partial charge in [0.05, 0.1) is 0 Å². The number of hydrogen-bond acceptors (Lipinski definition) is 2. The van der Waals surface area contributed by atoms with E-state index in [0.717, 1.165) is 6.92 Å². The SMILES string of the molecule is CC(=O)[O-].O.O.O.O.O.O.[Cu+]. The first kappa shape index (κ1) is 135. The van der Waals surface area contributed by atoms with Gasteiger partial charge >= 0.3 is 17.1 Å². The fourth-order valence-electron chi connectivity index (χ4n) is 0. The summed E-state index contributed by atoms with van der Waals surface area (Å²) >= 11 is 0. The van der Waals surface area contributed by atoms with E-state index in [1.54, 1.807) is 0 Å². The summed E-state index contributed by atoms with van der Waals surface area (Å²) in [7, 11) is 0. The molecule has 0 unspecified atom stereocenters. The molecule has 0 aliphatic carbocycles. The van der Waals surface area contributed by atoms with Crippen LogP contribution in [0.2, 0.25) is 0 Å². The van der Waals surface area contributed by atoms with E-state index in [1.165, 1.54) is 0 Å². The maximum absolute atomic E-state index is 8.89. The van der Waals surface area contributed by atoms with Crippen molar-refractivity contribution in [2.45, 2.75) is 6.92 Å². The third kappa shape index (κ3) is 9330. The van der Waals surface area contributed by atoms with Crippen LogP contribution in [-0.2, 0) is 21.9 Å². The average molecular weight is 231 g/mol. The summed E-state index contributed by atoms with van der Waals surface area (Å²) in [4.78, 5) is 8.89. The van der Waals surface area contributed by atoms with E-state index >= 15 is 0 Å². The molecule has 0 atom stereocenters. The zero-order chi connectivity index (χ0) is 3.58. The second-order valence-electron chi connectivity index (χ2n) is 0.492. The van der Waals surface area contributed by atoms with Crippen molar-refractivity contribution in [3.63, 3.8) is 0 Å². The minimum absolute atomic E-state index is 0. The van der Waals surface area contributed by atoms with Crippen molar-refractivity contribution in [3.05, 3.63) is 0 Å². The fourth-order valence-corrected chi connectivity index (χ4v) is 0. The van der Waals surface area contributed by atoms with Gasteiger partial charge in [-0.1, -0.05) is 0 Å². The monoisotopic (exact) mass is 230 g/mol. The second kappa shape index (κ2) is 98.7. The molecule has 82 valence electrons. The number of rotatable bonds is 0. The molecular weight excluding hydrogens is 216 g/mol. The van der Waals surface area contributed by atoms with Crippen LogP contribution in [0.1, 0.15) is 6.92 Å². The molecule has 0 spiro atoms. The van der Waals surface area contributed by atoms with Crippen LogP contribution in [0.25, 0.3) is 0 Å². The Labute approximate surface area is 73.5 Å². The molecule has 0 bridgehead atoms. The summed E-state index contributed by atoms with van der Waals surface area (Å²) in [6, 6.07) is 0. The van der Waals surface area contributed by atoms with Gasteiger partial charge in [-0.25, -0.2) is 0 Å². The Morgan fingerprint density at radius 1 is 0.909 bits per heavy atom. The van der Waals surface area contributed by atoms with E-state index in [9.17, 15) is 0 Å². The number of carboxylic acids is 1. The zero-order valence-corrected chi connectivity index (χ0v) is 6.56. The molecule has 0 aliphatic heterocycles. The molecular formula is C2H15CuO8. The molecule has 0 saturated heterocycles. The van der Waals surface area contributed by atoms with Crippen molar-refractivity contribution in [1.29, 1.82) is 0 Å². The second-order valence-corrected chi connectivity index (χ2v) is 0.492. The number of carboxylic acid groups (broad SMARTS) is 1. The van der Waals surface area contributed by atoms with Gasteiger partial charge in [-0.15, -0.1) is 0 Å². The van der Waals surface area contributed by atoms with Gasteiger partial charge in [0.25, 0.3) is 0 Å². The van der Waals surface area contributed by atoms with E-state index in [1.807, 2.05) is 0 Å². The summed E-state index contributed by atoms with van der Waals surface area (Å²) in [6.07, 6.45) is 0. The number of hydrogen-bond donors (Lipinski definition) is 0. The number of aliphatic carboxylic acids is 1. The van der Waals surface area contributed by atoms with Crippen LogP contribution in [0.4, 0.5) is 0 Å². The zero-order valence-electron chi connectivity index (χ0n) is 5.62. The molecule has 0 radical (unpaired) electrons. The number of carbonyl (C=O) groups is 1. The molecule has 0 rings (SSSR count). The van der Waals surface area contributed by atoms with E-state index in [-0.39, 0.29) is 49.9 Å². The Morgan fingerprint density at radius 2 is 0.909 bits per heavy atom. The quantitative estimate of drug-likeness (QED) is 0.370. The minimum atomic E-state index is -1.08. The summed E-state index contributed by atoms with van der Waals surface area (Å²) in [5.74, 6) is -1.08. The summed E-state index contributed by atoms with van der Waals surface area (Å²) < 4.78 is 0. The smallest absolute Gasteiger partial charge is 0.550 e. The molecule has 0 aromatic rings. The van der Waals surface area contributed by atoms with Gasteiger partial charge in [-0.05, 0) is 6.92 Å². The molecule has 12 N–H and O–H groups in total. The predicted molar refractivity (Wildman–Crippen MR) is 32.4 cm³/mol. The topological polar surface area (TPSA) is 229 Å². The van der Waals surface area contributed by atoms with Crippen molar-refractivity contribution in [1.82, 2.24) is 0 Å². The normalized spacial score (nSPS) is 2.27. The van der Waals surface area contributed by atoms with Crippen molar-refractivity contribution < 1.29 is 59.8 Å². The Balaban J connectivity index is -0.00000000214. The molecule has 8 nitrogen and oxygen atoms in total. The molecule has 0 aromatic carbocycles. The first-order chi connectivity index (χ1) is 1.73. The standard InChI is InChI=1S/C2H4O2.Cu.6H2O/c1-2(3)4;;;;;;;/h1H3,(H,3,4);;6*1H2/q;+1;;;;;;/p-1. The van der Waals surface area contributed by atoms with Crippen molar-refractivity contribution >= 4 is 5.97 Å². The first-order valence-corrected chi connectivity index (χ1v) is 0.908. The maximum atomic E-state index is 8.89. The van der Waals surface area contributed by atoms with Gasteiger partial charge in [0.15, 0.2) is 0 Å². The third-order valence-corrected chi connectivity index (χ3v) is 0. The molecule has 0 heterocycles. The van der Waals surface area contributed by atoms with Crippen LogP contribution in [0.3, 0.4) is 0 Å².